The molecule has 2 fully saturated rings. The molecule has 5 heteroatoms. The summed E-state index contributed by atoms with van der Waals surface area (Å²) in [6.07, 6.45) is 9.08. The molecule has 2 aliphatic rings. The standard InChI is InChI=1S/C15H28N2O2.ClH/c1-16-10-4-9-15(18)17(13-6-2-3-7-13)12-14-8-5-11-19-14;/h13-14,16H,2-12H2,1H3;1H. The molecular weight excluding hydrogens is 276 g/mol. The number of amides is 1. The van der Waals surface area contributed by atoms with Crippen molar-refractivity contribution in [3.05, 3.63) is 0 Å². The molecule has 0 spiro atoms. The Hall–Kier alpha value is -0.320. The number of nitrogens with one attached hydrogen (secondary N) is 1. The highest BCUT2D eigenvalue weighted by atomic mass is 35.5. The SMILES string of the molecule is CNCCCC(=O)N(CC1CCCO1)C1CCCC1.Cl. The lowest BCUT2D eigenvalue weighted by Gasteiger charge is -2.31. The molecule has 1 heterocycles. The number of hydrogen-bond acceptors (Lipinski definition) is 3. The first-order valence-electron chi connectivity index (χ1n) is 7.87. The Morgan fingerprint density at radius 2 is 2.00 bits per heavy atom. The second kappa shape index (κ2) is 9.59. The Bertz CT molecular complexity index is 277. The summed E-state index contributed by atoms with van der Waals surface area (Å²) in [6.45, 7) is 2.62. The zero-order chi connectivity index (χ0) is 13.5. The maximum Gasteiger partial charge on any atom is 0.222 e. The third-order valence-electron chi connectivity index (χ3n) is 4.33. The lowest BCUT2D eigenvalue weighted by Crippen LogP contribution is -2.43. The van der Waals surface area contributed by atoms with E-state index in [-0.39, 0.29) is 18.5 Å². The van der Waals surface area contributed by atoms with Crippen LogP contribution in [0.2, 0.25) is 0 Å². The quantitative estimate of drug-likeness (QED) is 0.734. The average Bonchev–Trinajstić information content (AvgIpc) is 3.09. The highest BCUT2D eigenvalue weighted by Gasteiger charge is 2.29. The molecule has 1 saturated heterocycles. The third-order valence-corrected chi connectivity index (χ3v) is 4.33. The van der Waals surface area contributed by atoms with E-state index in [9.17, 15) is 4.79 Å². The highest BCUT2D eigenvalue weighted by molar-refractivity contribution is 5.85. The van der Waals surface area contributed by atoms with Crippen molar-refractivity contribution in [1.29, 1.82) is 0 Å². The molecule has 4 nitrogen and oxygen atoms in total. The number of nitrogens with zero attached hydrogens (tertiary/aromatic N) is 1. The predicted molar refractivity (Wildman–Crippen MR) is 83.4 cm³/mol. The molecule has 1 N–H and O–H groups in total. The second-order valence-electron chi connectivity index (χ2n) is 5.83. The van der Waals surface area contributed by atoms with Crippen LogP contribution in [0.5, 0.6) is 0 Å². The van der Waals surface area contributed by atoms with Crippen LogP contribution >= 0.6 is 12.4 Å². The molecule has 118 valence electrons. The van der Waals surface area contributed by atoms with Gasteiger partial charge in [0.2, 0.25) is 5.91 Å². The van der Waals surface area contributed by atoms with Gasteiger partial charge in [-0.1, -0.05) is 12.8 Å². The van der Waals surface area contributed by atoms with Crippen LogP contribution in [0.4, 0.5) is 0 Å². The summed E-state index contributed by atoms with van der Waals surface area (Å²) >= 11 is 0. The summed E-state index contributed by atoms with van der Waals surface area (Å²) in [7, 11) is 1.94. The van der Waals surface area contributed by atoms with Crippen molar-refractivity contribution in [3.8, 4) is 0 Å². The van der Waals surface area contributed by atoms with Gasteiger partial charge in [-0.25, -0.2) is 0 Å². The number of rotatable bonds is 7. The summed E-state index contributed by atoms with van der Waals surface area (Å²) in [6, 6.07) is 0.478. The summed E-state index contributed by atoms with van der Waals surface area (Å²) in [5.41, 5.74) is 0. The molecule has 0 aromatic rings. The monoisotopic (exact) mass is 304 g/mol. The molecule has 0 aromatic heterocycles. The molecule has 0 radical (unpaired) electrons. The van der Waals surface area contributed by atoms with Crippen LogP contribution in [0.25, 0.3) is 0 Å². The van der Waals surface area contributed by atoms with Gasteiger partial charge >= 0.3 is 0 Å². The van der Waals surface area contributed by atoms with Crippen molar-refractivity contribution in [1.82, 2.24) is 10.2 Å². The van der Waals surface area contributed by atoms with E-state index < -0.39 is 0 Å². The average molecular weight is 305 g/mol. The van der Waals surface area contributed by atoms with E-state index >= 15 is 0 Å². The first-order chi connectivity index (χ1) is 9.31. The number of carbonyl (C=O) groups is 1. The van der Waals surface area contributed by atoms with Crippen LogP contribution in [0, 0.1) is 0 Å². The fourth-order valence-electron chi connectivity index (χ4n) is 3.24. The van der Waals surface area contributed by atoms with E-state index in [0.717, 1.165) is 39.0 Å². The van der Waals surface area contributed by atoms with Crippen LogP contribution < -0.4 is 5.32 Å². The molecule has 1 amide bonds. The van der Waals surface area contributed by atoms with Gasteiger partial charge in [-0.15, -0.1) is 12.4 Å². The van der Waals surface area contributed by atoms with Crippen LogP contribution in [0.15, 0.2) is 0 Å². The van der Waals surface area contributed by atoms with Gasteiger partial charge in [0.1, 0.15) is 0 Å². The second-order valence-corrected chi connectivity index (χ2v) is 5.83. The van der Waals surface area contributed by atoms with E-state index in [0.29, 0.717) is 18.4 Å². The normalized spacial score (nSPS) is 22.8. The molecule has 1 aliphatic heterocycles. The lowest BCUT2D eigenvalue weighted by atomic mass is 10.1. The van der Waals surface area contributed by atoms with E-state index in [4.69, 9.17) is 4.74 Å². The topological polar surface area (TPSA) is 41.6 Å². The van der Waals surface area contributed by atoms with Crippen LogP contribution in [0.3, 0.4) is 0 Å². The van der Waals surface area contributed by atoms with Gasteiger partial charge in [-0.2, -0.15) is 0 Å². The van der Waals surface area contributed by atoms with E-state index in [1.54, 1.807) is 0 Å². The minimum absolute atomic E-state index is 0. The number of carbonyl (C=O) groups excluding carboxylic acids is 1. The highest BCUT2D eigenvalue weighted by Crippen LogP contribution is 2.26. The molecule has 0 aromatic carbocycles. The molecule has 1 unspecified atom stereocenters. The summed E-state index contributed by atoms with van der Waals surface area (Å²) in [5, 5.41) is 3.11. The third kappa shape index (κ3) is 5.23. The molecule has 0 bridgehead atoms. The lowest BCUT2D eigenvalue weighted by molar-refractivity contribution is -0.135. The van der Waals surface area contributed by atoms with E-state index in [1.165, 1.54) is 25.7 Å². The summed E-state index contributed by atoms with van der Waals surface area (Å²) in [5.74, 6) is 0.331. The Morgan fingerprint density at radius 3 is 2.60 bits per heavy atom. The van der Waals surface area contributed by atoms with E-state index in [1.807, 2.05) is 7.05 Å². The van der Waals surface area contributed by atoms with Crippen LogP contribution in [-0.4, -0.2) is 49.7 Å². The number of hydrogen-bond donors (Lipinski definition) is 1. The molecule has 2 rings (SSSR count). The summed E-state index contributed by atoms with van der Waals surface area (Å²) in [4.78, 5) is 14.6. The molecule has 1 aliphatic carbocycles. The van der Waals surface area contributed by atoms with Crippen molar-refractivity contribution < 1.29 is 9.53 Å². The van der Waals surface area contributed by atoms with Gasteiger partial charge in [0, 0.05) is 25.6 Å². The Labute approximate surface area is 129 Å². The molecule has 20 heavy (non-hydrogen) atoms. The maximum atomic E-state index is 12.4. The number of ether oxygens (including phenoxy) is 1. The Morgan fingerprint density at radius 1 is 1.25 bits per heavy atom. The van der Waals surface area contributed by atoms with Crippen molar-refractivity contribution in [3.63, 3.8) is 0 Å². The van der Waals surface area contributed by atoms with Gasteiger partial charge in [-0.3, -0.25) is 4.79 Å². The first kappa shape index (κ1) is 17.7. The minimum Gasteiger partial charge on any atom is -0.376 e. The van der Waals surface area contributed by atoms with E-state index in [2.05, 4.69) is 10.2 Å². The molecule has 1 atom stereocenters. The van der Waals surface area contributed by atoms with Crippen molar-refractivity contribution in [2.75, 3.05) is 26.7 Å². The predicted octanol–water partition coefficient (Wildman–Crippen LogP) is 2.36. The van der Waals surface area contributed by atoms with Crippen molar-refractivity contribution in [2.45, 2.75) is 63.5 Å². The summed E-state index contributed by atoms with van der Waals surface area (Å²) < 4.78 is 5.71. The zero-order valence-corrected chi connectivity index (χ0v) is 13.4. The largest absolute Gasteiger partial charge is 0.376 e. The maximum absolute atomic E-state index is 12.4. The zero-order valence-electron chi connectivity index (χ0n) is 12.6. The van der Waals surface area contributed by atoms with Crippen molar-refractivity contribution in [2.24, 2.45) is 0 Å². The van der Waals surface area contributed by atoms with Gasteiger partial charge in [0.05, 0.1) is 6.10 Å². The minimum atomic E-state index is 0. The fourth-order valence-corrected chi connectivity index (χ4v) is 3.24. The molecular formula is C15H29ClN2O2. The Balaban J connectivity index is 0.00000200. The fraction of sp³-hybridized carbons (Fsp3) is 0.933. The van der Waals surface area contributed by atoms with Gasteiger partial charge in [-0.05, 0) is 45.7 Å². The first-order valence-corrected chi connectivity index (χ1v) is 7.87. The van der Waals surface area contributed by atoms with Crippen LogP contribution in [-0.2, 0) is 9.53 Å². The van der Waals surface area contributed by atoms with Gasteiger partial charge in [0.15, 0.2) is 0 Å². The van der Waals surface area contributed by atoms with Gasteiger partial charge in [0.25, 0.3) is 0 Å². The Kier molecular flexibility index (Phi) is 8.50. The molecule has 1 saturated carbocycles. The number of halogens is 1. The smallest absolute Gasteiger partial charge is 0.222 e. The van der Waals surface area contributed by atoms with Crippen LogP contribution in [0.1, 0.15) is 51.4 Å². The van der Waals surface area contributed by atoms with Gasteiger partial charge < -0.3 is 15.0 Å². The van der Waals surface area contributed by atoms with Crippen molar-refractivity contribution >= 4 is 18.3 Å².